The van der Waals surface area contributed by atoms with Crippen molar-refractivity contribution in [3.05, 3.63) is 28.8 Å². The maximum absolute atomic E-state index is 12.0. The topological polar surface area (TPSA) is 58.6 Å². The van der Waals surface area contributed by atoms with Crippen LogP contribution in [-0.4, -0.2) is 23.2 Å². The highest BCUT2D eigenvalue weighted by atomic mass is 35.5. The van der Waals surface area contributed by atoms with Crippen molar-refractivity contribution < 1.29 is 14.6 Å². The predicted molar refractivity (Wildman–Crippen MR) is 80.0 cm³/mol. The molecule has 1 aromatic rings. The largest absolute Gasteiger partial charge is 0.481 e. The number of nitrogens with one attached hydrogen (secondary N) is 1. The Bertz CT molecular complexity index is 451. The number of rotatable bonds is 7. The minimum Gasteiger partial charge on any atom is -0.481 e. The number of ether oxygens (including phenoxy) is 1. The molecule has 0 spiro atoms. The Balaban J connectivity index is 2.65. The summed E-state index contributed by atoms with van der Waals surface area (Å²) in [5.74, 6) is 0.312. The maximum Gasteiger partial charge on any atom is 0.260 e. The molecule has 2 N–H and O–H groups in total. The second-order valence-electron chi connectivity index (χ2n) is 4.87. The number of carbonyl (C=O) groups excluding carboxylic acids is 1. The SMILES string of the molecule is CCCC(C)NC(=O)C(C)Oc1ccc(Cl)cc1CO. The number of benzene rings is 1. The van der Waals surface area contributed by atoms with Crippen LogP contribution in [0.1, 0.15) is 39.2 Å². The normalized spacial score (nSPS) is 13.7. The Hall–Kier alpha value is -1.26. The van der Waals surface area contributed by atoms with Gasteiger partial charge >= 0.3 is 0 Å². The fourth-order valence-electron chi connectivity index (χ4n) is 1.90. The number of hydrogen-bond acceptors (Lipinski definition) is 3. The Kier molecular flexibility index (Phi) is 6.82. The van der Waals surface area contributed by atoms with E-state index in [9.17, 15) is 9.90 Å². The summed E-state index contributed by atoms with van der Waals surface area (Å²) in [6.45, 7) is 5.54. The second kappa shape index (κ2) is 8.12. The molecule has 5 heteroatoms. The average Bonchev–Trinajstić information content (AvgIpc) is 2.40. The number of hydrogen-bond donors (Lipinski definition) is 2. The number of halogens is 1. The van der Waals surface area contributed by atoms with E-state index in [1.165, 1.54) is 0 Å². The molecule has 2 atom stereocenters. The highest BCUT2D eigenvalue weighted by Crippen LogP contribution is 2.23. The molecule has 0 saturated heterocycles. The smallest absolute Gasteiger partial charge is 0.260 e. The molecule has 0 aliphatic rings. The average molecular weight is 300 g/mol. The zero-order valence-electron chi connectivity index (χ0n) is 12.1. The van der Waals surface area contributed by atoms with Crippen molar-refractivity contribution in [1.29, 1.82) is 0 Å². The lowest BCUT2D eigenvalue weighted by atomic mass is 10.2. The number of carbonyl (C=O) groups is 1. The van der Waals surface area contributed by atoms with Gasteiger partial charge < -0.3 is 15.2 Å². The van der Waals surface area contributed by atoms with Gasteiger partial charge in [-0.1, -0.05) is 24.9 Å². The Labute approximate surface area is 125 Å². The van der Waals surface area contributed by atoms with Gasteiger partial charge in [0.2, 0.25) is 0 Å². The van der Waals surface area contributed by atoms with Gasteiger partial charge in [0.25, 0.3) is 5.91 Å². The van der Waals surface area contributed by atoms with Crippen LogP contribution in [-0.2, 0) is 11.4 Å². The molecule has 0 bridgehead atoms. The molecular formula is C15H22ClNO3. The van der Waals surface area contributed by atoms with Crippen LogP contribution in [0, 0.1) is 0 Å². The van der Waals surface area contributed by atoms with Gasteiger partial charge in [0, 0.05) is 16.6 Å². The minimum absolute atomic E-state index is 0.126. The van der Waals surface area contributed by atoms with Crippen LogP contribution in [0.2, 0.25) is 5.02 Å². The summed E-state index contributed by atoms with van der Waals surface area (Å²) in [6.07, 6.45) is 1.32. The third kappa shape index (κ3) is 5.02. The number of aliphatic hydroxyl groups excluding tert-OH is 1. The summed E-state index contributed by atoms with van der Waals surface area (Å²) in [7, 11) is 0. The van der Waals surface area contributed by atoms with E-state index >= 15 is 0 Å². The first-order valence-corrected chi connectivity index (χ1v) is 7.22. The molecule has 0 radical (unpaired) electrons. The molecule has 0 aromatic heterocycles. The van der Waals surface area contributed by atoms with Crippen LogP contribution in [0.25, 0.3) is 0 Å². The fourth-order valence-corrected chi connectivity index (χ4v) is 2.09. The van der Waals surface area contributed by atoms with E-state index in [1.807, 2.05) is 6.92 Å². The molecule has 1 rings (SSSR count). The lowest BCUT2D eigenvalue weighted by molar-refractivity contribution is -0.127. The molecule has 0 aliphatic carbocycles. The van der Waals surface area contributed by atoms with Crippen molar-refractivity contribution in [3.63, 3.8) is 0 Å². The Morgan fingerprint density at radius 3 is 2.75 bits per heavy atom. The van der Waals surface area contributed by atoms with Crippen LogP contribution >= 0.6 is 11.6 Å². The van der Waals surface area contributed by atoms with E-state index in [4.69, 9.17) is 16.3 Å². The van der Waals surface area contributed by atoms with Gasteiger partial charge in [-0.05, 0) is 38.5 Å². The summed E-state index contributed by atoms with van der Waals surface area (Å²) in [5, 5.41) is 12.7. The lowest BCUT2D eigenvalue weighted by Gasteiger charge is -2.19. The van der Waals surface area contributed by atoms with E-state index in [-0.39, 0.29) is 18.6 Å². The monoisotopic (exact) mass is 299 g/mol. The molecule has 0 fully saturated rings. The van der Waals surface area contributed by atoms with Gasteiger partial charge in [-0.25, -0.2) is 0 Å². The van der Waals surface area contributed by atoms with Crippen molar-refractivity contribution >= 4 is 17.5 Å². The van der Waals surface area contributed by atoms with Crippen molar-refractivity contribution in [3.8, 4) is 5.75 Å². The lowest BCUT2D eigenvalue weighted by Crippen LogP contribution is -2.41. The molecule has 0 heterocycles. The number of aliphatic hydroxyl groups is 1. The van der Waals surface area contributed by atoms with Gasteiger partial charge in [0.15, 0.2) is 6.10 Å². The molecule has 4 nitrogen and oxygen atoms in total. The molecule has 0 saturated carbocycles. The van der Waals surface area contributed by atoms with Crippen molar-refractivity contribution in [2.24, 2.45) is 0 Å². The van der Waals surface area contributed by atoms with E-state index < -0.39 is 6.10 Å². The third-order valence-corrected chi connectivity index (χ3v) is 3.21. The first-order chi connectivity index (χ1) is 9.47. The first kappa shape index (κ1) is 16.8. The van der Waals surface area contributed by atoms with Crippen LogP contribution in [0.5, 0.6) is 5.75 Å². The summed E-state index contributed by atoms with van der Waals surface area (Å²) < 4.78 is 5.60. The van der Waals surface area contributed by atoms with E-state index in [0.717, 1.165) is 12.8 Å². The van der Waals surface area contributed by atoms with Gasteiger partial charge in [0.1, 0.15) is 5.75 Å². The van der Waals surface area contributed by atoms with Crippen molar-refractivity contribution in [1.82, 2.24) is 5.32 Å². The van der Waals surface area contributed by atoms with Gasteiger partial charge in [-0.2, -0.15) is 0 Å². The summed E-state index contributed by atoms with van der Waals surface area (Å²) in [6, 6.07) is 5.08. The molecule has 20 heavy (non-hydrogen) atoms. The van der Waals surface area contributed by atoms with Crippen molar-refractivity contribution in [2.45, 2.75) is 52.4 Å². The third-order valence-electron chi connectivity index (χ3n) is 2.98. The Morgan fingerprint density at radius 1 is 1.45 bits per heavy atom. The van der Waals surface area contributed by atoms with Crippen molar-refractivity contribution in [2.75, 3.05) is 0 Å². The first-order valence-electron chi connectivity index (χ1n) is 6.84. The van der Waals surface area contributed by atoms with Crippen LogP contribution < -0.4 is 10.1 Å². The molecule has 0 aliphatic heterocycles. The van der Waals surface area contributed by atoms with E-state index in [0.29, 0.717) is 16.3 Å². The highest BCUT2D eigenvalue weighted by molar-refractivity contribution is 6.30. The van der Waals surface area contributed by atoms with E-state index in [2.05, 4.69) is 12.2 Å². The minimum atomic E-state index is -0.624. The van der Waals surface area contributed by atoms with Gasteiger partial charge in [0.05, 0.1) is 6.61 Å². The summed E-state index contributed by atoms with van der Waals surface area (Å²) in [4.78, 5) is 12.0. The highest BCUT2D eigenvalue weighted by Gasteiger charge is 2.17. The fraction of sp³-hybridized carbons (Fsp3) is 0.533. The van der Waals surface area contributed by atoms with Crippen LogP contribution in [0.15, 0.2) is 18.2 Å². The van der Waals surface area contributed by atoms with Gasteiger partial charge in [-0.3, -0.25) is 4.79 Å². The molecule has 1 aromatic carbocycles. The molecule has 2 unspecified atom stereocenters. The zero-order valence-corrected chi connectivity index (χ0v) is 12.9. The van der Waals surface area contributed by atoms with Crippen LogP contribution in [0.3, 0.4) is 0 Å². The van der Waals surface area contributed by atoms with Crippen LogP contribution in [0.4, 0.5) is 0 Å². The zero-order chi connectivity index (χ0) is 15.1. The van der Waals surface area contributed by atoms with Gasteiger partial charge in [-0.15, -0.1) is 0 Å². The maximum atomic E-state index is 12.0. The molecular weight excluding hydrogens is 278 g/mol. The quantitative estimate of drug-likeness (QED) is 0.814. The van der Waals surface area contributed by atoms with E-state index in [1.54, 1.807) is 25.1 Å². The summed E-state index contributed by atoms with van der Waals surface area (Å²) >= 11 is 5.85. The molecule has 1 amide bonds. The molecule has 112 valence electrons. The Morgan fingerprint density at radius 2 is 2.15 bits per heavy atom. The second-order valence-corrected chi connectivity index (χ2v) is 5.30. The predicted octanol–water partition coefficient (Wildman–Crippen LogP) is 2.90. The summed E-state index contributed by atoms with van der Waals surface area (Å²) in [5.41, 5.74) is 0.568. The number of amides is 1. The standard InChI is InChI=1S/C15H22ClNO3/c1-4-5-10(2)17-15(19)11(3)20-14-7-6-13(16)8-12(14)9-18/h6-8,10-11,18H,4-5,9H2,1-3H3,(H,17,19).